The molecule has 0 aromatic carbocycles. The molecule has 3 atom stereocenters. The van der Waals surface area contributed by atoms with E-state index in [1.807, 2.05) is 13.8 Å². The van der Waals surface area contributed by atoms with Crippen LogP contribution >= 0.6 is 0 Å². The van der Waals surface area contributed by atoms with Crippen molar-refractivity contribution in [1.29, 1.82) is 0 Å². The van der Waals surface area contributed by atoms with Crippen molar-refractivity contribution in [2.24, 2.45) is 13.0 Å². The molecule has 0 aliphatic carbocycles. The predicted octanol–water partition coefficient (Wildman–Crippen LogP) is -1.02. The third kappa shape index (κ3) is 4.94. The molecule has 27 heavy (non-hydrogen) atoms. The molecule has 4 N–H and O–H groups in total. The van der Waals surface area contributed by atoms with Gasteiger partial charge < -0.3 is 30.2 Å². The summed E-state index contributed by atoms with van der Waals surface area (Å²) in [5, 5.41) is 24.0. The number of rotatable bonds is 10. The molecule has 0 unspecified atom stereocenters. The minimum absolute atomic E-state index is 0.0966. The first-order chi connectivity index (χ1) is 12.7. The van der Waals surface area contributed by atoms with Gasteiger partial charge in [-0.25, -0.2) is 0 Å². The highest BCUT2D eigenvalue weighted by Gasteiger charge is 2.54. The lowest BCUT2D eigenvalue weighted by Gasteiger charge is -2.24. The van der Waals surface area contributed by atoms with Gasteiger partial charge in [0, 0.05) is 13.2 Å². The molecule has 150 valence electrons. The molecule has 1 fully saturated rings. The van der Waals surface area contributed by atoms with Crippen LogP contribution in [-0.4, -0.2) is 69.9 Å². The van der Waals surface area contributed by atoms with Crippen molar-refractivity contribution in [3.05, 3.63) is 24.0 Å². The number of aliphatic hydroxyl groups excluding tert-OH is 2. The van der Waals surface area contributed by atoms with E-state index >= 15 is 0 Å². The third-order valence-electron chi connectivity index (χ3n) is 4.52. The molecule has 1 saturated heterocycles. The van der Waals surface area contributed by atoms with E-state index in [4.69, 9.17) is 4.74 Å². The van der Waals surface area contributed by atoms with Crippen LogP contribution in [0.5, 0.6) is 0 Å². The summed E-state index contributed by atoms with van der Waals surface area (Å²) in [5.74, 6) is -1.50. The van der Waals surface area contributed by atoms with E-state index in [1.54, 1.807) is 29.9 Å². The molecule has 0 radical (unpaired) electrons. The Kier molecular flexibility index (Phi) is 6.74. The van der Waals surface area contributed by atoms with Crippen LogP contribution < -0.4 is 10.6 Å². The molecule has 0 bridgehead atoms. The summed E-state index contributed by atoms with van der Waals surface area (Å²) in [4.78, 5) is 37.5. The van der Waals surface area contributed by atoms with Crippen molar-refractivity contribution in [3.8, 4) is 0 Å². The molecule has 2 amide bonds. The lowest BCUT2D eigenvalue weighted by Crippen LogP contribution is -2.55. The first-order valence-corrected chi connectivity index (χ1v) is 8.86. The van der Waals surface area contributed by atoms with Crippen LogP contribution in [0.2, 0.25) is 0 Å². The van der Waals surface area contributed by atoms with E-state index in [2.05, 4.69) is 10.6 Å². The number of hydrogen-bond acceptors (Lipinski definition) is 6. The Morgan fingerprint density at radius 2 is 1.93 bits per heavy atom. The van der Waals surface area contributed by atoms with Gasteiger partial charge in [0.15, 0.2) is 11.4 Å². The number of carbonyl (C=O) groups is 3. The van der Waals surface area contributed by atoms with Crippen molar-refractivity contribution >= 4 is 17.6 Å². The smallest absolute Gasteiger partial charge is 0.268 e. The average Bonchev–Trinajstić information content (AvgIpc) is 3.31. The van der Waals surface area contributed by atoms with E-state index in [0.717, 1.165) is 0 Å². The SMILES string of the molecule is CC(C)C[C@H](NC(=O)[C@H](CO)NC(=O)c1cccn1C)C(=O)[C@@]1(CO)CO1. The molecule has 1 aromatic rings. The molecule has 2 heterocycles. The quantitative estimate of drug-likeness (QED) is 0.383. The topological polar surface area (TPSA) is 133 Å². The lowest BCUT2D eigenvalue weighted by atomic mass is 9.92. The van der Waals surface area contributed by atoms with Gasteiger partial charge in [0.2, 0.25) is 5.91 Å². The normalized spacial score (nSPS) is 20.8. The van der Waals surface area contributed by atoms with E-state index in [0.29, 0.717) is 12.1 Å². The number of nitrogens with one attached hydrogen (secondary N) is 2. The van der Waals surface area contributed by atoms with E-state index < -0.39 is 48.5 Å². The number of carbonyl (C=O) groups excluding carboxylic acids is 3. The second kappa shape index (κ2) is 8.64. The fraction of sp³-hybridized carbons (Fsp3) is 0.611. The van der Waals surface area contributed by atoms with E-state index in [9.17, 15) is 24.6 Å². The molecular formula is C18H27N3O6. The number of amides is 2. The monoisotopic (exact) mass is 381 g/mol. The molecule has 1 aromatic heterocycles. The minimum atomic E-state index is -1.26. The standard InChI is InChI=1S/C18H27N3O6/c1-11(2)7-12(15(24)18(9-23)10-27-18)19-16(25)13(8-22)20-17(26)14-5-4-6-21(14)3/h4-6,11-13,22-23H,7-10H2,1-3H3,(H,19,25)(H,20,26)/t12-,13-,18+/m0/s1. The van der Waals surface area contributed by atoms with Gasteiger partial charge in [0.1, 0.15) is 11.7 Å². The van der Waals surface area contributed by atoms with E-state index in [1.165, 1.54) is 0 Å². The highest BCUT2D eigenvalue weighted by atomic mass is 16.6. The number of aryl methyl sites for hydroxylation is 1. The summed E-state index contributed by atoms with van der Waals surface area (Å²) in [7, 11) is 1.68. The van der Waals surface area contributed by atoms with Crippen LogP contribution in [0.3, 0.4) is 0 Å². The van der Waals surface area contributed by atoms with Crippen molar-refractivity contribution in [3.63, 3.8) is 0 Å². The van der Waals surface area contributed by atoms with Gasteiger partial charge in [-0.3, -0.25) is 14.4 Å². The molecule has 2 rings (SSSR count). The molecule has 9 heteroatoms. The summed E-state index contributed by atoms with van der Waals surface area (Å²) in [6, 6.07) is 1.18. The van der Waals surface area contributed by atoms with Gasteiger partial charge in [0.25, 0.3) is 5.91 Å². The Morgan fingerprint density at radius 1 is 1.26 bits per heavy atom. The Hall–Kier alpha value is -2.23. The number of epoxide rings is 1. The second-order valence-electron chi connectivity index (χ2n) is 7.21. The van der Waals surface area contributed by atoms with Crippen LogP contribution in [-0.2, 0) is 21.4 Å². The first-order valence-electron chi connectivity index (χ1n) is 8.86. The number of hydrogen-bond donors (Lipinski definition) is 4. The maximum Gasteiger partial charge on any atom is 0.268 e. The van der Waals surface area contributed by atoms with Crippen molar-refractivity contribution in [2.45, 2.75) is 38.0 Å². The zero-order valence-corrected chi connectivity index (χ0v) is 15.8. The molecular weight excluding hydrogens is 354 g/mol. The summed E-state index contributed by atoms with van der Waals surface area (Å²) in [6.45, 7) is 2.83. The zero-order chi connectivity index (χ0) is 20.2. The molecule has 0 saturated carbocycles. The molecule has 0 spiro atoms. The number of nitrogens with zero attached hydrogens (tertiary/aromatic N) is 1. The van der Waals surface area contributed by atoms with Gasteiger partial charge in [-0.15, -0.1) is 0 Å². The van der Waals surface area contributed by atoms with Crippen LogP contribution in [0, 0.1) is 5.92 Å². The number of aromatic nitrogens is 1. The average molecular weight is 381 g/mol. The number of ketones is 1. The van der Waals surface area contributed by atoms with Crippen molar-refractivity contribution in [2.75, 3.05) is 19.8 Å². The zero-order valence-electron chi connectivity index (χ0n) is 15.8. The van der Waals surface area contributed by atoms with Gasteiger partial charge in [-0.2, -0.15) is 0 Å². The van der Waals surface area contributed by atoms with Gasteiger partial charge in [-0.1, -0.05) is 13.8 Å². The summed E-state index contributed by atoms with van der Waals surface area (Å²) in [6.07, 6.45) is 2.03. The number of ether oxygens (including phenoxy) is 1. The first kappa shape index (κ1) is 21.1. The fourth-order valence-corrected chi connectivity index (χ4v) is 2.81. The van der Waals surface area contributed by atoms with Crippen molar-refractivity contribution in [1.82, 2.24) is 15.2 Å². The minimum Gasteiger partial charge on any atom is -0.394 e. The van der Waals surface area contributed by atoms with Gasteiger partial charge in [-0.05, 0) is 24.5 Å². The highest BCUT2D eigenvalue weighted by Crippen LogP contribution is 2.30. The van der Waals surface area contributed by atoms with Crippen LogP contribution in [0.1, 0.15) is 30.8 Å². The fourth-order valence-electron chi connectivity index (χ4n) is 2.81. The molecule has 9 nitrogen and oxygen atoms in total. The predicted molar refractivity (Wildman–Crippen MR) is 95.9 cm³/mol. The number of aliphatic hydroxyl groups is 2. The Morgan fingerprint density at radius 3 is 2.37 bits per heavy atom. The van der Waals surface area contributed by atoms with Crippen LogP contribution in [0.25, 0.3) is 0 Å². The van der Waals surface area contributed by atoms with E-state index in [-0.39, 0.29) is 12.5 Å². The maximum atomic E-state index is 12.6. The molecule has 1 aliphatic rings. The maximum absolute atomic E-state index is 12.6. The van der Waals surface area contributed by atoms with Crippen LogP contribution in [0.15, 0.2) is 18.3 Å². The Balaban J connectivity index is 2.06. The summed E-state index contributed by atoms with van der Waals surface area (Å²) >= 11 is 0. The molecule has 1 aliphatic heterocycles. The lowest BCUT2D eigenvalue weighted by molar-refractivity contribution is -0.133. The van der Waals surface area contributed by atoms with Gasteiger partial charge >= 0.3 is 0 Å². The largest absolute Gasteiger partial charge is 0.394 e. The van der Waals surface area contributed by atoms with Crippen molar-refractivity contribution < 1.29 is 29.3 Å². The van der Waals surface area contributed by atoms with Gasteiger partial charge in [0.05, 0.1) is 25.9 Å². The third-order valence-corrected chi connectivity index (χ3v) is 4.52. The Bertz CT molecular complexity index is 695. The number of Topliss-reactive ketones (excluding diaryl/α,β-unsaturated/α-hetero) is 1. The summed E-state index contributed by atoms with van der Waals surface area (Å²) < 4.78 is 6.68. The summed E-state index contributed by atoms with van der Waals surface area (Å²) in [5.41, 5.74) is -0.921. The highest BCUT2D eigenvalue weighted by molar-refractivity contribution is 5.99. The Labute approximate surface area is 157 Å². The van der Waals surface area contributed by atoms with Crippen LogP contribution in [0.4, 0.5) is 0 Å². The second-order valence-corrected chi connectivity index (χ2v) is 7.21.